The predicted octanol–water partition coefficient (Wildman–Crippen LogP) is 4.06. The van der Waals surface area contributed by atoms with Gasteiger partial charge in [0.2, 0.25) is 5.91 Å². The Bertz CT molecular complexity index is 1460. The number of aliphatic carboxylic acids is 1. The Hall–Kier alpha value is -4.60. The number of aromatic amines is 1. The van der Waals surface area contributed by atoms with Crippen LogP contribution in [0.4, 0.5) is 24.7 Å². The molecule has 4 N–H and O–H groups in total. The van der Waals surface area contributed by atoms with E-state index in [1.54, 1.807) is 36.7 Å². The van der Waals surface area contributed by atoms with Crippen molar-refractivity contribution in [2.24, 2.45) is 0 Å². The fourth-order valence-electron chi connectivity index (χ4n) is 3.90. The zero-order valence-electron chi connectivity index (χ0n) is 21.6. The number of rotatable bonds is 6. The van der Waals surface area contributed by atoms with E-state index in [0.29, 0.717) is 70.5 Å². The van der Waals surface area contributed by atoms with Gasteiger partial charge in [-0.25, -0.2) is 14.8 Å². The van der Waals surface area contributed by atoms with Crippen molar-refractivity contribution in [1.82, 2.24) is 15.0 Å². The van der Waals surface area contributed by atoms with Crippen LogP contribution in [0.2, 0.25) is 0 Å². The first kappa shape index (κ1) is 30.9. The minimum Gasteiger partial charge on any atom is -0.475 e. The number of anilines is 2. The minimum atomic E-state index is -5.08. The van der Waals surface area contributed by atoms with E-state index in [9.17, 15) is 33.6 Å². The van der Waals surface area contributed by atoms with Crippen LogP contribution in [0.25, 0.3) is 11.1 Å². The van der Waals surface area contributed by atoms with Gasteiger partial charge in [-0.1, -0.05) is 23.9 Å². The number of alkyl halides is 3. The van der Waals surface area contributed by atoms with Gasteiger partial charge in [0.1, 0.15) is 34.4 Å². The zero-order chi connectivity index (χ0) is 30.2. The number of hydrogen-bond acceptors (Lipinski definition) is 9. The fourth-order valence-corrected chi connectivity index (χ4v) is 4.77. The third kappa shape index (κ3) is 8.20. The number of carbonyl (C=O) groups is 2. The predicted molar refractivity (Wildman–Crippen MR) is 143 cm³/mol. The van der Waals surface area contributed by atoms with Crippen LogP contribution in [-0.2, 0) is 15.3 Å². The molecule has 1 aliphatic heterocycles. The lowest BCUT2D eigenvalue weighted by atomic mass is 9.95. The Labute approximate surface area is 236 Å². The highest BCUT2D eigenvalue weighted by molar-refractivity contribution is 7.98. The topological polar surface area (TPSA) is 179 Å². The van der Waals surface area contributed by atoms with Gasteiger partial charge in [0, 0.05) is 43.7 Å². The summed E-state index contributed by atoms with van der Waals surface area (Å²) in [4.78, 5) is 34.3. The lowest BCUT2D eigenvalue weighted by Crippen LogP contribution is -2.37. The number of aliphatic hydroxyl groups is 1. The van der Waals surface area contributed by atoms with Crippen molar-refractivity contribution in [2.45, 2.75) is 42.8 Å². The molecule has 0 aliphatic carbocycles. The number of aromatic nitrogens is 3. The molecule has 0 bridgehead atoms. The van der Waals surface area contributed by atoms with Crippen molar-refractivity contribution in [3.63, 3.8) is 0 Å². The van der Waals surface area contributed by atoms with Gasteiger partial charge in [-0.3, -0.25) is 4.79 Å². The van der Waals surface area contributed by atoms with Crippen LogP contribution < -0.4 is 10.2 Å². The zero-order valence-corrected chi connectivity index (χ0v) is 22.4. The van der Waals surface area contributed by atoms with E-state index in [0.717, 1.165) is 5.82 Å². The summed E-state index contributed by atoms with van der Waals surface area (Å²) >= 11 is 1.38. The number of nitrogens with zero attached hydrogens (tertiary/aromatic N) is 5. The van der Waals surface area contributed by atoms with Crippen LogP contribution in [0.3, 0.4) is 0 Å². The average molecular weight is 588 g/mol. The summed E-state index contributed by atoms with van der Waals surface area (Å²) in [6, 6.07) is 11.6. The molecule has 0 unspecified atom stereocenters. The number of thioether (sulfide) groups is 1. The van der Waals surface area contributed by atoms with Crippen molar-refractivity contribution < 1.29 is 33.0 Å². The first-order valence-electron chi connectivity index (χ1n) is 12.0. The molecule has 4 rings (SSSR count). The van der Waals surface area contributed by atoms with Gasteiger partial charge < -0.3 is 25.4 Å². The lowest BCUT2D eigenvalue weighted by Gasteiger charge is -2.32. The number of nitrogens with one attached hydrogen (secondary N) is 2. The van der Waals surface area contributed by atoms with Crippen LogP contribution in [0, 0.1) is 22.7 Å². The number of halogens is 3. The molecule has 0 radical (unpaired) electrons. The average Bonchev–Trinajstić information content (AvgIpc) is 3.45. The lowest BCUT2D eigenvalue weighted by molar-refractivity contribution is -0.192. The second-order valence-electron chi connectivity index (χ2n) is 8.69. The molecule has 214 valence electrons. The Kier molecular flexibility index (Phi) is 10.3. The second kappa shape index (κ2) is 13.6. The number of carboxylic acid groups (broad SMARTS) is 1. The number of benzene rings is 1. The minimum absolute atomic E-state index is 0.182. The van der Waals surface area contributed by atoms with Crippen molar-refractivity contribution in [2.75, 3.05) is 23.3 Å². The molecule has 2 aromatic heterocycles. The highest BCUT2D eigenvalue weighted by Gasteiger charge is 2.38. The number of piperidine rings is 1. The van der Waals surface area contributed by atoms with Gasteiger partial charge in [0.15, 0.2) is 0 Å². The number of H-pyrrole nitrogens is 1. The number of carbonyl (C=O) groups excluding carboxylic acids is 1. The summed E-state index contributed by atoms with van der Waals surface area (Å²) < 4.78 is 31.7. The van der Waals surface area contributed by atoms with Crippen molar-refractivity contribution >= 4 is 35.1 Å². The molecule has 41 heavy (non-hydrogen) atoms. The molecule has 0 atom stereocenters. The molecule has 1 fully saturated rings. The van der Waals surface area contributed by atoms with E-state index in [2.05, 4.69) is 27.4 Å². The normalized spacial score (nSPS) is 13.4. The van der Waals surface area contributed by atoms with Gasteiger partial charge in [0.05, 0.1) is 17.4 Å². The Morgan fingerprint density at radius 2 is 1.78 bits per heavy atom. The van der Waals surface area contributed by atoms with Crippen LogP contribution in [-0.4, -0.2) is 62.4 Å². The Balaban J connectivity index is 0.000000587. The molecule has 1 saturated heterocycles. The number of pyridine rings is 1. The van der Waals surface area contributed by atoms with Crippen molar-refractivity contribution in [1.29, 1.82) is 10.5 Å². The molecule has 3 aromatic rings. The summed E-state index contributed by atoms with van der Waals surface area (Å²) in [7, 11) is 0. The molecule has 11 nitrogen and oxygen atoms in total. The number of imidazole rings is 1. The quantitative estimate of drug-likeness (QED) is 0.307. The van der Waals surface area contributed by atoms with E-state index in [1.165, 1.54) is 18.7 Å². The van der Waals surface area contributed by atoms with Gasteiger partial charge in [0.25, 0.3) is 0 Å². The summed E-state index contributed by atoms with van der Waals surface area (Å²) in [6.45, 7) is 2.57. The smallest absolute Gasteiger partial charge is 0.475 e. The van der Waals surface area contributed by atoms with Crippen LogP contribution in [0.5, 0.6) is 0 Å². The third-order valence-electron chi connectivity index (χ3n) is 5.77. The Morgan fingerprint density at radius 3 is 2.27 bits per heavy atom. The van der Waals surface area contributed by atoms with E-state index < -0.39 is 12.1 Å². The summed E-state index contributed by atoms with van der Waals surface area (Å²) in [5, 5.41) is 40.6. The molecule has 1 aliphatic rings. The maximum atomic E-state index is 11.4. The summed E-state index contributed by atoms with van der Waals surface area (Å²) in [6.07, 6.45) is -0.877. The summed E-state index contributed by atoms with van der Waals surface area (Å²) in [5.74, 6) is -1.19. The van der Waals surface area contributed by atoms with E-state index in [4.69, 9.17) is 14.9 Å². The van der Waals surface area contributed by atoms with E-state index in [1.807, 2.05) is 4.90 Å². The van der Waals surface area contributed by atoms with Gasteiger partial charge >= 0.3 is 12.1 Å². The van der Waals surface area contributed by atoms with E-state index in [-0.39, 0.29) is 12.0 Å². The Morgan fingerprint density at radius 1 is 1.17 bits per heavy atom. The first-order chi connectivity index (χ1) is 19.4. The van der Waals surface area contributed by atoms with Crippen LogP contribution in [0.15, 0.2) is 41.7 Å². The number of carboxylic acids is 1. The monoisotopic (exact) mass is 587 g/mol. The number of nitriles is 2. The highest BCUT2D eigenvalue weighted by Crippen LogP contribution is 2.39. The highest BCUT2D eigenvalue weighted by atomic mass is 32.2. The summed E-state index contributed by atoms with van der Waals surface area (Å²) in [5.41, 5.74) is 2.46. The standard InChI is InChI=1S/C24H23N7O2S.C2HF3O2/c1-15(32)29-17-4-2-16(3-5-17)22-19(12-25)23(31-10-6-18(33)7-11-31)30-24(20(22)13-26)34-14-21-27-8-9-28-21;3-2(4,5)1(6)7/h2-5,8-9,18,33H,6-7,10-11,14H2,1H3,(H,27,28)(H,29,32);(H,6,7). The van der Waals surface area contributed by atoms with Gasteiger partial charge in [-0.2, -0.15) is 23.7 Å². The van der Waals surface area contributed by atoms with Crippen LogP contribution >= 0.6 is 11.8 Å². The van der Waals surface area contributed by atoms with Gasteiger partial charge in [-0.15, -0.1) is 0 Å². The molecule has 1 aromatic carbocycles. The maximum Gasteiger partial charge on any atom is 0.490 e. The van der Waals surface area contributed by atoms with Gasteiger partial charge in [-0.05, 0) is 30.5 Å². The fraction of sp³-hybridized carbons (Fsp3) is 0.308. The number of hydrogen-bond donors (Lipinski definition) is 4. The second-order valence-corrected chi connectivity index (χ2v) is 9.66. The third-order valence-corrected chi connectivity index (χ3v) is 6.76. The largest absolute Gasteiger partial charge is 0.490 e. The van der Waals surface area contributed by atoms with E-state index >= 15 is 0 Å². The van der Waals surface area contributed by atoms with Crippen LogP contribution in [0.1, 0.15) is 36.7 Å². The van der Waals surface area contributed by atoms with Crippen molar-refractivity contribution in [3.05, 3.63) is 53.6 Å². The molecule has 3 heterocycles. The number of amides is 1. The molecule has 1 amide bonds. The number of aliphatic hydroxyl groups excluding tert-OH is 1. The molecular formula is C26H24F3N7O4S. The molecular weight excluding hydrogens is 563 g/mol. The van der Waals surface area contributed by atoms with Crippen molar-refractivity contribution in [3.8, 4) is 23.3 Å². The molecule has 15 heteroatoms. The molecule has 0 spiro atoms. The first-order valence-corrected chi connectivity index (χ1v) is 13.0. The SMILES string of the molecule is CC(=O)Nc1ccc(-c2c(C#N)c(SCc3ncc[nH]3)nc(N3CCC(O)CC3)c2C#N)cc1.O=C(O)C(F)(F)F. The maximum absolute atomic E-state index is 11.4. The molecule has 0 saturated carbocycles.